The monoisotopic (exact) mass is 404 g/mol. The van der Waals surface area contributed by atoms with Gasteiger partial charge in [0.15, 0.2) is 11.7 Å². The van der Waals surface area contributed by atoms with Crippen molar-refractivity contribution in [2.45, 2.75) is 12.8 Å². The average molecular weight is 404 g/mol. The lowest BCUT2D eigenvalue weighted by molar-refractivity contribution is 0.0675. The molecular formula is C23H24N4O3. The van der Waals surface area contributed by atoms with Crippen molar-refractivity contribution in [1.82, 2.24) is 10.1 Å². The third kappa shape index (κ3) is 4.41. The van der Waals surface area contributed by atoms with E-state index in [1.165, 1.54) is 0 Å². The zero-order chi connectivity index (χ0) is 20.9. The molecule has 2 N–H and O–H groups in total. The number of ketones is 1. The maximum atomic E-state index is 12.8. The van der Waals surface area contributed by atoms with Crippen molar-refractivity contribution in [2.24, 2.45) is 10.7 Å². The Morgan fingerprint density at radius 3 is 2.57 bits per heavy atom. The van der Waals surface area contributed by atoms with E-state index in [-0.39, 0.29) is 11.7 Å². The molecule has 1 fully saturated rings. The van der Waals surface area contributed by atoms with Crippen molar-refractivity contribution < 1.29 is 14.1 Å². The number of aliphatic imine (C=N–C) groups is 1. The van der Waals surface area contributed by atoms with Gasteiger partial charge in [-0.15, -0.1) is 0 Å². The lowest BCUT2D eigenvalue weighted by Crippen LogP contribution is -2.44. The standard InChI is InChI=1S/C23H24N4O3/c1-16(18-8-5-9-19(14-18)22(28)17-6-3-2-4-7-17)20-15-21(30-26-20)25-23(24)27-10-12-29-13-11-27/h2-9,14-16H,10-13H2,1H3,(H2,24,25). The lowest BCUT2D eigenvalue weighted by Gasteiger charge is -2.27. The third-order valence-electron chi connectivity index (χ3n) is 5.20. The molecule has 0 bridgehead atoms. The van der Waals surface area contributed by atoms with E-state index in [1.54, 1.807) is 6.07 Å². The van der Waals surface area contributed by atoms with Gasteiger partial charge in [0.1, 0.15) is 0 Å². The van der Waals surface area contributed by atoms with E-state index in [4.69, 9.17) is 15.0 Å². The zero-order valence-corrected chi connectivity index (χ0v) is 16.8. The predicted octanol–water partition coefficient (Wildman–Crippen LogP) is 3.34. The lowest BCUT2D eigenvalue weighted by atomic mass is 9.94. The van der Waals surface area contributed by atoms with Crippen LogP contribution in [0.4, 0.5) is 5.88 Å². The molecule has 0 amide bonds. The Morgan fingerprint density at radius 2 is 1.80 bits per heavy atom. The average Bonchev–Trinajstić information content (AvgIpc) is 3.27. The van der Waals surface area contributed by atoms with E-state index in [0.29, 0.717) is 49.3 Å². The van der Waals surface area contributed by atoms with Gasteiger partial charge in [-0.05, 0) is 11.6 Å². The van der Waals surface area contributed by atoms with Crippen molar-refractivity contribution in [3.8, 4) is 0 Å². The molecule has 0 radical (unpaired) electrons. The first-order chi connectivity index (χ1) is 14.6. The number of aromatic nitrogens is 1. The van der Waals surface area contributed by atoms with Gasteiger partial charge in [0.25, 0.3) is 5.88 Å². The molecule has 0 spiro atoms. The normalized spacial score (nSPS) is 15.8. The molecule has 7 heteroatoms. The highest BCUT2D eigenvalue weighted by Crippen LogP contribution is 2.27. The number of rotatable bonds is 5. The van der Waals surface area contributed by atoms with Gasteiger partial charge in [0.05, 0.1) is 18.9 Å². The number of benzene rings is 2. The second-order valence-corrected chi connectivity index (χ2v) is 7.20. The van der Waals surface area contributed by atoms with E-state index in [0.717, 1.165) is 11.3 Å². The summed E-state index contributed by atoms with van der Waals surface area (Å²) in [5.74, 6) is 0.681. The molecule has 1 saturated heterocycles. The first-order valence-corrected chi connectivity index (χ1v) is 9.95. The molecule has 2 heterocycles. The second kappa shape index (κ2) is 8.92. The van der Waals surface area contributed by atoms with Gasteiger partial charge in [-0.3, -0.25) is 4.79 Å². The Morgan fingerprint density at radius 1 is 1.07 bits per heavy atom. The molecule has 2 aromatic carbocycles. The number of hydrogen-bond donors (Lipinski definition) is 1. The van der Waals surface area contributed by atoms with E-state index in [2.05, 4.69) is 10.1 Å². The van der Waals surface area contributed by atoms with E-state index in [9.17, 15) is 4.79 Å². The summed E-state index contributed by atoms with van der Waals surface area (Å²) in [6.45, 7) is 4.69. The van der Waals surface area contributed by atoms with Crippen LogP contribution >= 0.6 is 0 Å². The van der Waals surface area contributed by atoms with Crippen LogP contribution in [0.25, 0.3) is 0 Å². The van der Waals surface area contributed by atoms with Gasteiger partial charge in [0, 0.05) is 36.2 Å². The fourth-order valence-electron chi connectivity index (χ4n) is 3.39. The topological polar surface area (TPSA) is 94.0 Å². The van der Waals surface area contributed by atoms with Gasteiger partial charge >= 0.3 is 0 Å². The van der Waals surface area contributed by atoms with Gasteiger partial charge in [0.2, 0.25) is 0 Å². The Labute approximate surface area is 175 Å². The number of guanidine groups is 1. The van der Waals surface area contributed by atoms with Gasteiger partial charge in [-0.2, -0.15) is 4.99 Å². The number of ether oxygens (including phenoxy) is 1. The first-order valence-electron chi connectivity index (χ1n) is 9.95. The minimum Gasteiger partial charge on any atom is -0.378 e. The van der Waals surface area contributed by atoms with Crippen molar-refractivity contribution in [1.29, 1.82) is 0 Å². The smallest absolute Gasteiger partial charge is 0.253 e. The van der Waals surface area contributed by atoms with Crippen LogP contribution in [0.1, 0.15) is 40.0 Å². The van der Waals surface area contributed by atoms with E-state index >= 15 is 0 Å². The molecule has 154 valence electrons. The maximum Gasteiger partial charge on any atom is 0.253 e. The summed E-state index contributed by atoms with van der Waals surface area (Å²) in [4.78, 5) is 19.1. The summed E-state index contributed by atoms with van der Waals surface area (Å²) in [5, 5.41) is 4.16. The van der Waals surface area contributed by atoms with Crippen LogP contribution in [0.15, 0.2) is 70.2 Å². The molecule has 3 aromatic rings. The summed E-state index contributed by atoms with van der Waals surface area (Å²) in [6, 6.07) is 18.6. The number of hydrogen-bond acceptors (Lipinski definition) is 5. The highest BCUT2D eigenvalue weighted by molar-refractivity contribution is 6.09. The number of nitrogens with two attached hydrogens (primary N) is 1. The van der Waals surface area contributed by atoms with Crippen LogP contribution in [0, 0.1) is 0 Å². The Kier molecular flexibility index (Phi) is 5.90. The number of nitrogens with zero attached hydrogens (tertiary/aromatic N) is 3. The van der Waals surface area contributed by atoms with Crippen molar-refractivity contribution >= 4 is 17.6 Å². The van der Waals surface area contributed by atoms with Gasteiger partial charge < -0.3 is 19.9 Å². The van der Waals surface area contributed by atoms with Crippen molar-refractivity contribution in [3.63, 3.8) is 0 Å². The van der Waals surface area contributed by atoms with Gasteiger partial charge in [-0.1, -0.05) is 60.6 Å². The second-order valence-electron chi connectivity index (χ2n) is 7.20. The summed E-state index contributed by atoms with van der Waals surface area (Å²) >= 11 is 0. The summed E-state index contributed by atoms with van der Waals surface area (Å²) in [5.41, 5.74) is 9.09. The molecule has 30 heavy (non-hydrogen) atoms. The van der Waals surface area contributed by atoms with E-state index in [1.807, 2.05) is 66.4 Å². The maximum absolute atomic E-state index is 12.8. The summed E-state index contributed by atoms with van der Waals surface area (Å²) in [6.07, 6.45) is 0. The predicted molar refractivity (Wildman–Crippen MR) is 114 cm³/mol. The van der Waals surface area contributed by atoms with Crippen LogP contribution in [-0.2, 0) is 4.74 Å². The molecule has 0 aliphatic carbocycles. The van der Waals surface area contributed by atoms with Crippen LogP contribution in [0.5, 0.6) is 0 Å². The Hall–Kier alpha value is -3.45. The Bertz CT molecular complexity index is 1040. The largest absolute Gasteiger partial charge is 0.378 e. The minimum absolute atomic E-state index is 0.00613. The molecular weight excluding hydrogens is 380 g/mol. The molecule has 1 aliphatic rings. The van der Waals surface area contributed by atoms with Crippen LogP contribution < -0.4 is 5.73 Å². The number of carbonyl (C=O) groups excluding carboxylic acids is 1. The number of morpholine rings is 1. The van der Waals surface area contributed by atoms with Gasteiger partial charge in [-0.25, -0.2) is 0 Å². The molecule has 1 aliphatic heterocycles. The molecule has 4 rings (SSSR count). The zero-order valence-electron chi connectivity index (χ0n) is 16.8. The molecule has 1 aromatic heterocycles. The highest BCUT2D eigenvalue weighted by Gasteiger charge is 2.18. The fourth-order valence-corrected chi connectivity index (χ4v) is 3.39. The minimum atomic E-state index is -0.0640. The number of carbonyl (C=O) groups is 1. The van der Waals surface area contributed by atoms with Crippen LogP contribution in [-0.4, -0.2) is 48.1 Å². The molecule has 1 atom stereocenters. The van der Waals surface area contributed by atoms with Crippen molar-refractivity contribution in [2.75, 3.05) is 26.3 Å². The van der Waals surface area contributed by atoms with E-state index < -0.39 is 0 Å². The van der Waals surface area contributed by atoms with Crippen LogP contribution in [0.3, 0.4) is 0 Å². The van der Waals surface area contributed by atoms with Crippen molar-refractivity contribution in [3.05, 3.63) is 83.0 Å². The summed E-state index contributed by atoms with van der Waals surface area (Å²) in [7, 11) is 0. The quantitative estimate of drug-likeness (QED) is 0.398. The SMILES string of the molecule is CC(c1cccc(C(=O)c2ccccc2)c1)c1cc(/N=C(\N)N2CCOCC2)on1. The third-order valence-corrected chi connectivity index (χ3v) is 5.20. The summed E-state index contributed by atoms with van der Waals surface area (Å²) < 4.78 is 10.7. The molecule has 7 nitrogen and oxygen atoms in total. The fraction of sp³-hybridized carbons (Fsp3) is 0.261. The molecule has 0 saturated carbocycles. The first kappa shape index (κ1) is 19.8. The van der Waals surface area contributed by atoms with Crippen LogP contribution in [0.2, 0.25) is 0 Å². The Balaban J connectivity index is 1.51. The molecule has 1 unspecified atom stereocenters. The highest BCUT2D eigenvalue weighted by atomic mass is 16.5.